The van der Waals surface area contributed by atoms with E-state index < -0.39 is 0 Å². The van der Waals surface area contributed by atoms with Crippen molar-refractivity contribution in [1.82, 2.24) is 9.80 Å². The molecule has 0 fully saturated rings. The lowest BCUT2D eigenvalue weighted by atomic mass is 10.1. The lowest BCUT2D eigenvalue weighted by molar-refractivity contribution is 0.178. The molecule has 0 saturated carbocycles. The van der Waals surface area contributed by atoms with Crippen molar-refractivity contribution in [3.63, 3.8) is 0 Å². The fourth-order valence-electron chi connectivity index (χ4n) is 4.72. The van der Waals surface area contributed by atoms with Crippen LogP contribution >= 0.6 is 23.2 Å². The topological polar surface area (TPSA) is 87.4 Å². The third-order valence-electron chi connectivity index (χ3n) is 6.86. The molecule has 0 atom stereocenters. The first kappa shape index (κ1) is 29.6. The van der Waals surface area contributed by atoms with Crippen LogP contribution in [-0.2, 0) is 26.2 Å². The van der Waals surface area contributed by atoms with Gasteiger partial charge in [-0.2, -0.15) is 0 Å². The Bertz CT molecular complexity index is 1260. The summed E-state index contributed by atoms with van der Waals surface area (Å²) in [5, 5.41) is 43.2. The van der Waals surface area contributed by atoms with Crippen LogP contribution in [-0.4, -0.2) is 43.3 Å². The molecule has 0 unspecified atom stereocenters. The summed E-state index contributed by atoms with van der Waals surface area (Å²) in [5.41, 5.74) is 4.97. The zero-order chi connectivity index (χ0) is 28.8. The summed E-state index contributed by atoms with van der Waals surface area (Å²) in [4.78, 5) is 4.25. The number of hydrogen-bond donors (Lipinski definition) is 4. The number of phenolic OH excluding ortho intramolecular Hbond substituents is 4. The SMILES string of the molecule is Cc1ccc(O)c(CN(CCN(Cc2cc(C)ccc2O)Cc2cc(Cl)ccc2O)Cc2cc(Cl)ccc2O)c1. The Balaban J connectivity index is 1.62. The average molecular weight is 582 g/mol. The largest absolute Gasteiger partial charge is 0.508 e. The fraction of sp³-hybridized carbons (Fsp3) is 0.250. The van der Waals surface area contributed by atoms with E-state index in [0.717, 1.165) is 22.3 Å². The van der Waals surface area contributed by atoms with Gasteiger partial charge in [0.1, 0.15) is 23.0 Å². The van der Waals surface area contributed by atoms with Gasteiger partial charge in [-0.15, -0.1) is 0 Å². The molecule has 0 aliphatic heterocycles. The molecule has 4 aromatic rings. The van der Waals surface area contributed by atoms with Gasteiger partial charge in [-0.25, -0.2) is 0 Å². The molecule has 0 saturated heterocycles. The Morgan fingerprint density at radius 3 is 1.12 bits per heavy atom. The lowest BCUT2D eigenvalue weighted by Gasteiger charge is -2.29. The van der Waals surface area contributed by atoms with E-state index >= 15 is 0 Å². The number of benzene rings is 4. The van der Waals surface area contributed by atoms with Crippen LogP contribution in [0.1, 0.15) is 33.4 Å². The van der Waals surface area contributed by atoms with Gasteiger partial charge in [0, 0.05) is 71.6 Å². The van der Waals surface area contributed by atoms with Crippen molar-refractivity contribution in [2.24, 2.45) is 0 Å². The molecule has 0 aromatic heterocycles. The highest BCUT2D eigenvalue weighted by Crippen LogP contribution is 2.28. The number of aryl methyl sites for hydroxylation is 2. The highest BCUT2D eigenvalue weighted by atomic mass is 35.5. The number of nitrogens with zero attached hydrogens (tertiary/aromatic N) is 2. The van der Waals surface area contributed by atoms with Gasteiger partial charge in [-0.05, 0) is 62.4 Å². The molecule has 4 aromatic carbocycles. The minimum atomic E-state index is 0.147. The third kappa shape index (κ3) is 8.05. The highest BCUT2D eigenvalue weighted by Gasteiger charge is 2.18. The Morgan fingerprint density at radius 1 is 0.475 bits per heavy atom. The summed E-state index contributed by atoms with van der Waals surface area (Å²) in [6.45, 7) is 6.71. The monoisotopic (exact) mass is 580 g/mol. The molecular weight excluding hydrogens is 547 g/mol. The van der Waals surface area contributed by atoms with Crippen LogP contribution < -0.4 is 0 Å². The van der Waals surface area contributed by atoms with Crippen LogP contribution in [0.4, 0.5) is 0 Å². The number of hydrogen-bond acceptors (Lipinski definition) is 6. The average Bonchev–Trinajstić information content (AvgIpc) is 2.90. The first-order chi connectivity index (χ1) is 19.1. The van der Waals surface area contributed by atoms with E-state index in [1.165, 1.54) is 0 Å². The number of rotatable bonds is 11. The predicted octanol–water partition coefficient (Wildman–Crippen LogP) is 7.14. The minimum Gasteiger partial charge on any atom is -0.508 e. The maximum Gasteiger partial charge on any atom is 0.120 e. The first-order valence-corrected chi connectivity index (χ1v) is 13.8. The van der Waals surface area contributed by atoms with E-state index in [1.54, 1.807) is 48.5 Å². The molecule has 40 heavy (non-hydrogen) atoms. The molecule has 6 nitrogen and oxygen atoms in total. The van der Waals surface area contributed by atoms with Gasteiger partial charge in [0.15, 0.2) is 0 Å². The van der Waals surface area contributed by atoms with Crippen molar-refractivity contribution in [2.75, 3.05) is 13.1 Å². The molecule has 0 heterocycles. The van der Waals surface area contributed by atoms with Crippen LogP contribution in [0.25, 0.3) is 0 Å². The van der Waals surface area contributed by atoms with Crippen molar-refractivity contribution >= 4 is 23.2 Å². The Hall–Kier alpha value is -3.42. The van der Waals surface area contributed by atoms with Gasteiger partial charge in [0.25, 0.3) is 0 Å². The molecule has 4 rings (SSSR count). The molecule has 0 aliphatic rings. The van der Waals surface area contributed by atoms with Crippen molar-refractivity contribution in [2.45, 2.75) is 40.0 Å². The first-order valence-electron chi connectivity index (χ1n) is 13.0. The molecule has 210 valence electrons. The second-order valence-corrected chi connectivity index (χ2v) is 11.1. The maximum absolute atomic E-state index is 10.6. The molecule has 0 aliphatic carbocycles. The van der Waals surface area contributed by atoms with Gasteiger partial charge in [0.2, 0.25) is 0 Å². The van der Waals surface area contributed by atoms with Crippen molar-refractivity contribution in [1.29, 1.82) is 0 Å². The van der Waals surface area contributed by atoms with Gasteiger partial charge in [0.05, 0.1) is 0 Å². The highest BCUT2D eigenvalue weighted by molar-refractivity contribution is 6.31. The van der Waals surface area contributed by atoms with E-state index in [4.69, 9.17) is 23.2 Å². The number of halogens is 2. The summed E-state index contributed by atoms with van der Waals surface area (Å²) in [5.74, 6) is 0.703. The molecule has 8 heteroatoms. The molecule has 0 spiro atoms. The number of aromatic hydroxyl groups is 4. The summed E-state index contributed by atoms with van der Waals surface area (Å²) in [6, 6.07) is 20.9. The van der Waals surface area contributed by atoms with Crippen molar-refractivity contribution < 1.29 is 20.4 Å². The van der Waals surface area contributed by atoms with Crippen LogP contribution in [0, 0.1) is 13.8 Å². The fourth-order valence-corrected chi connectivity index (χ4v) is 5.11. The zero-order valence-electron chi connectivity index (χ0n) is 22.6. The number of phenols is 4. The van der Waals surface area contributed by atoms with E-state index in [9.17, 15) is 20.4 Å². The van der Waals surface area contributed by atoms with Gasteiger partial charge < -0.3 is 20.4 Å². The Kier molecular flexibility index (Phi) is 9.82. The Labute approximate surface area is 245 Å². The summed E-state index contributed by atoms with van der Waals surface area (Å²) < 4.78 is 0. The van der Waals surface area contributed by atoms with E-state index in [-0.39, 0.29) is 23.0 Å². The molecule has 0 bridgehead atoms. The zero-order valence-corrected chi connectivity index (χ0v) is 24.1. The van der Waals surface area contributed by atoms with Crippen molar-refractivity contribution in [3.8, 4) is 23.0 Å². The maximum atomic E-state index is 10.6. The molecular formula is C32H34Cl2N2O4. The summed E-state index contributed by atoms with van der Waals surface area (Å²) in [7, 11) is 0. The van der Waals surface area contributed by atoms with Crippen LogP contribution in [0.3, 0.4) is 0 Å². The quantitative estimate of drug-likeness (QED) is 0.151. The second kappa shape index (κ2) is 13.3. The van der Waals surface area contributed by atoms with Crippen LogP contribution in [0.15, 0.2) is 72.8 Å². The van der Waals surface area contributed by atoms with Gasteiger partial charge in [-0.3, -0.25) is 9.80 Å². The van der Waals surface area contributed by atoms with E-state index in [2.05, 4.69) is 9.80 Å². The van der Waals surface area contributed by atoms with Gasteiger partial charge >= 0.3 is 0 Å². The summed E-state index contributed by atoms with van der Waals surface area (Å²) >= 11 is 12.5. The molecule has 4 N–H and O–H groups in total. The predicted molar refractivity (Wildman–Crippen MR) is 160 cm³/mol. The summed E-state index contributed by atoms with van der Waals surface area (Å²) in [6.07, 6.45) is 0. The lowest BCUT2D eigenvalue weighted by Crippen LogP contribution is -2.34. The van der Waals surface area contributed by atoms with E-state index in [0.29, 0.717) is 60.4 Å². The van der Waals surface area contributed by atoms with Crippen molar-refractivity contribution in [3.05, 3.63) is 116 Å². The minimum absolute atomic E-state index is 0.147. The standard InChI is InChI=1S/C32H34Cl2N2O4/c1-21-3-7-29(37)23(13-21)17-35(19-25-15-27(33)5-9-31(25)39)11-12-36(18-24-14-22(2)4-8-30(24)38)20-26-16-28(34)6-10-32(26)40/h3-10,13-16,37-40H,11-12,17-20H2,1-2H3. The smallest absolute Gasteiger partial charge is 0.120 e. The second-order valence-electron chi connectivity index (χ2n) is 10.2. The normalized spacial score (nSPS) is 11.4. The van der Waals surface area contributed by atoms with Gasteiger partial charge in [-0.1, -0.05) is 58.6 Å². The van der Waals surface area contributed by atoms with Crippen LogP contribution in [0.5, 0.6) is 23.0 Å². The Morgan fingerprint density at radius 2 is 0.775 bits per heavy atom. The van der Waals surface area contributed by atoms with E-state index in [1.807, 2.05) is 38.1 Å². The molecule has 0 radical (unpaired) electrons. The van der Waals surface area contributed by atoms with Crippen LogP contribution in [0.2, 0.25) is 10.0 Å². The molecule has 0 amide bonds. The third-order valence-corrected chi connectivity index (χ3v) is 7.33.